The van der Waals surface area contributed by atoms with Crippen molar-refractivity contribution in [3.05, 3.63) is 59.7 Å². The lowest BCUT2D eigenvalue weighted by Crippen LogP contribution is -2.40. The van der Waals surface area contributed by atoms with E-state index >= 15 is 0 Å². The zero-order chi connectivity index (χ0) is 23.5. The van der Waals surface area contributed by atoms with Gasteiger partial charge in [-0.2, -0.15) is 0 Å². The maximum absolute atomic E-state index is 13.2. The first kappa shape index (κ1) is 23.8. The summed E-state index contributed by atoms with van der Waals surface area (Å²) in [5.74, 6) is -1.08. The van der Waals surface area contributed by atoms with E-state index in [0.717, 1.165) is 5.56 Å². The second-order valence-corrected chi connectivity index (χ2v) is 11.4. The third-order valence-electron chi connectivity index (χ3n) is 5.62. The molecule has 0 aromatic heterocycles. The molecule has 8 heteroatoms. The summed E-state index contributed by atoms with van der Waals surface area (Å²) >= 11 is 0. The van der Waals surface area contributed by atoms with Crippen LogP contribution in [-0.4, -0.2) is 38.8 Å². The smallest absolute Gasteiger partial charge is 0.251 e. The van der Waals surface area contributed by atoms with Crippen LogP contribution in [0.2, 0.25) is 0 Å². The number of amides is 2. The van der Waals surface area contributed by atoms with Crippen molar-refractivity contribution < 1.29 is 22.7 Å². The molecule has 0 radical (unpaired) electrons. The van der Waals surface area contributed by atoms with Gasteiger partial charge in [-0.3, -0.25) is 9.59 Å². The highest BCUT2D eigenvalue weighted by molar-refractivity contribution is 7.91. The topological polar surface area (TPSA) is 102 Å². The predicted octanol–water partition coefficient (Wildman–Crippen LogP) is 3.22. The molecule has 2 unspecified atom stereocenters. The molecule has 32 heavy (non-hydrogen) atoms. The fourth-order valence-electron chi connectivity index (χ4n) is 3.63. The molecule has 1 heterocycles. The zero-order valence-electron chi connectivity index (χ0n) is 18.8. The fraction of sp³-hybridized carbons (Fsp3) is 0.417. The second kappa shape index (κ2) is 9.32. The molecule has 0 saturated carbocycles. The summed E-state index contributed by atoms with van der Waals surface area (Å²) < 4.78 is 28.7. The third-order valence-corrected chi connectivity index (χ3v) is 7.39. The zero-order valence-corrected chi connectivity index (χ0v) is 19.7. The largest absolute Gasteiger partial charge is 0.497 e. The van der Waals surface area contributed by atoms with Crippen LogP contribution in [0.3, 0.4) is 0 Å². The van der Waals surface area contributed by atoms with Crippen LogP contribution in [0.15, 0.2) is 48.5 Å². The van der Waals surface area contributed by atoms with Crippen LogP contribution in [0, 0.1) is 5.92 Å². The molecule has 1 saturated heterocycles. The van der Waals surface area contributed by atoms with Crippen LogP contribution >= 0.6 is 0 Å². The van der Waals surface area contributed by atoms with Gasteiger partial charge in [0.2, 0.25) is 5.91 Å². The van der Waals surface area contributed by atoms with Crippen molar-refractivity contribution in [2.45, 2.75) is 38.6 Å². The van der Waals surface area contributed by atoms with E-state index in [9.17, 15) is 18.0 Å². The molecule has 7 nitrogen and oxygen atoms in total. The van der Waals surface area contributed by atoms with Gasteiger partial charge in [-0.25, -0.2) is 8.42 Å². The highest BCUT2D eigenvalue weighted by Gasteiger charge is 2.35. The van der Waals surface area contributed by atoms with Crippen molar-refractivity contribution in [3.8, 4) is 5.75 Å². The summed E-state index contributed by atoms with van der Waals surface area (Å²) in [4.78, 5) is 25.9. The van der Waals surface area contributed by atoms with Crippen LogP contribution in [-0.2, 0) is 24.8 Å². The molecule has 1 aliphatic heterocycles. The Labute approximate surface area is 189 Å². The molecule has 2 N–H and O–H groups in total. The van der Waals surface area contributed by atoms with Gasteiger partial charge in [0.05, 0.1) is 24.5 Å². The summed E-state index contributed by atoms with van der Waals surface area (Å²) in [5, 5.41) is 5.61. The first-order chi connectivity index (χ1) is 15.0. The number of hydrogen-bond donors (Lipinski definition) is 2. The average molecular weight is 459 g/mol. The lowest BCUT2D eigenvalue weighted by atomic mass is 9.87. The Morgan fingerprint density at radius 2 is 1.66 bits per heavy atom. The molecule has 3 rings (SSSR count). The van der Waals surface area contributed by atoms with Crippen LogP contribution in [0.25, 0.3) is 0 Å². The number of methoxy groups -OCH3 is 1. The molecule has 2 atom stereocenters. The summed E-state index contributed by atoms with van der Waals surface area (Å²) in [6, 6.07) is 13.4. The molecule has 2 aromatic carbocycles. The quantitative estimate of drug-likeness (QED) is 0.692. The number of carbonyl (C=O) groups is 2. The van der Waals surface area contributed by atoms with Gasteiger partial charge in [-0.15, -0.1) is 0 Å². The Bertz CT molecular complexity index is 1070. The maximum atomic E-state index is 13.2. The van der Waals surface area contributed by atoms with Crippen molar-refractivity contribution in [2.75, 3.05) is 23.9 Å². The predicted molar refractivity (Wildman–Crippen MR) is 124 cm³/mol. The lowest BCUT2D eigenvalue weighted by Gasteiger charge is -2.22. The Morgan fingerprint density at radius 3 is 2.16 bits per heavy atom. The first-order valence-electron chi connectivity index (χ1n) is 10.5. The minimum atomic E-state index is -3.21. The van der Waals surface area contributed by atoms with Crippen LogP contribution in [0.4, 0.5) is 5.69 Å². The monoisotopic (exact) mass is 458 g/mol. The van der Waals surface area contributed by atoms with Crippen molar-refractivity contribution in [1.29, 1.82) is 0 Å². The van der Waals surface area contributed by atoms with E-state index in [2.05, 4.69) is 31.4 Å². The van der Waals surface area contributed by atoms with E-state index in [0.29, 0.717) is 17.0 Å². The van der Waals surface area contributed by atoms with Gasteiger partial charge in [0.15, 0.2) is 9.84 Å². The number of rotatable bonds is 6. The van der Waals surface area contributed by atoms with Gasteiger partial charge in [-0.1, -0.05) is 45.0 Å². The number of ether oxygens (including phenoxy) is 1. The Hall–Kier alpha value is -2.87. The van der Waals surface area contributed by atoms with E-state index in [4.69, 9.17) is 4.74 Å². The Kier molecular flexibility index (Phi) is 6.93. The summed E-state index contributed by atoms with van der Waals surface area (Å²) in [7, 11) is -1.67. The summed E-state index contributed by atoms with van der Waals surface area (Å²) in [6.45, 7) is 6.33. The Morgan fingerprint density at radius 1 is 1.03 bits per heavy atom. The van der Waals surface area contributed by atoms with Crippen LogP contribution in [0.5, 0.6) is 5.75 Å². The molecule has 1 fully saturated rings. The van der Waals surface area contributed by atoms with E-state index < -0.39 is 33.6 Å². The molecule has 2 amide bonds. The first-order valence-corrected chi connectivity index (χ1v) is 12.4. The van der Waals surface area contributed by atoms with E-state index in [1.807, 2.05) is 24.3 Å². The molecule has 0 spiro atoms. The number of hydrogen-bond acceptors (Lipinski definition) is 5. The maximum Gasteiger partial charge on any atom is 0.251 e. The molecule has 2 aromatic rings. The van der Waals surface area contributed by atoms with Crippen molar-refractivity contribution >= 4 is 27.3 Å². The van der Waals surface area contributed by atoms with Gasteiger partial charge >= 0.3 is 0 Å². The van der Waals surface area contributed by atoms with Gasteiger partial charge < -0.3 is 15.4 Å². The molecule has 0 aliphatic carbocycles. The number of nitrogens with one attached hydrogen (secondary N) is 2. The summed E-state index contributed by atoms with van der Waals surface area (Å²) in [5.41, 5.74) is 2.31. The van der Waals surface area contributed by atoms with Gasteiger partial charge in [0.1, 0.15) is 11.8 Å². The Balaban J connectivity index is 1.81. The minimum Gasteiger partial charge on any atom is -0.497 e. The SMILES string of the molecule is COc1ccc(C(NC(=O)C2CCS(=O)(=O)C2)C(=O)Nc2ccc(C(C)(C)C)cc2)cc1. The average Bonchev–Trinajstić information content (AvgIpc) is 3.11. The van der Waals surface area contributed by atoms with Gasteiger partial charge in [0, 0.05) is 5.69 Å². The highest BCUT2D eigenvalue weighted by Crippen LogP contribution is 2.25. The van der Waals surface area contributed by atoms with E-state index in [1.54, 1.807) is 31.4 Å². The van der Waals surface area contributed by atoms with Crippen molar-refractivity contribution in [1.82, 2.24) is 5.32 Å². The summed E-state index contributed by atoms with van der Waals surface area (Å²) in [6.07, 6.45) is 0.263. The van der Waals surface area contributed by atoms with E-state index in [-0.39, 0.29) is 23.3 Å². The van der Waals surface area contributed by atoms with Gasteiger partial charge in [-0.05, 0) is 47.2 Å². The molecule has 1 aliphatic rings. The fourth-order valence-corrected chi connectivity index (χ4v) is 5.37. The lowest BCUT2D eigenvalue weighted by molar-refractivity contribution is -0.128. The molecular weight excluding hydrogens is 428 g/mol. The standard InChI is InChI=1S/C24H30N2O5S/c1-24(2,3)18-7-9-19(10-8-18)25-23(28)21(16-5-11-20(31-4)12-6-16)26-22(27)17-13-14-32(29,30)15-17/h5-12,17,21H,13-15H2,1-4H3,(H,25,28)(H,26,27). The number of anilines is 1. The molecule has 0 bridgehead atoms. The second-order valence-electron chi connectivity index (χ2n) is 9.13. The minimum absolute atomic E-state index is 0.00931. The molecular formula is C24H30N2O5S. The third kappa shape index (κ3) is 5.88. The molecule has 172 valence electrons. The van der Waals surface area contributed by atoms with Crippen molar-refractivity contribution in [3.63, 3.8) is 0 Å². The number of sulfone groups is 1. The van der Waals surface area contributed by atoms with Crippen LogP contribution in [0.1, 0.15) is 44.4 Å². The van der Waals surface area contributed by atoms with Crippen molar-refractivity contribution in [2.24, 2.45) is 5.92 Å². The number of carbonyl (C=O) groups excluding carboxylic acids is 2. The van der Waals surface area contributed by atoms with Gasteiger partial charge in [0.25, 0.3) is 5.91 Å². The van der Waals surface area contributed by atoms with E-state index in [1.165, 1.54) is 0 Å². The highest BCUT2D eigenvalue weighted by atomic mass is 32.2. The number of benzene rings is 2. The normalized spacial score (nSPS) is 18.6. The van der Waals surface area contributed by atoms with Crippen LogP contribution < -0.4 is 15.4 Å².